The SMILES string of the molecule is C=C1c2ccccc2C(=O)N1CC(=O)OC(C)c1nc(-c2cccc(C(F)(F)F)c2)no1. The van der Waals surface area contributed by atoms with Gasteiger partial charge >= 0.3 is 12.1 Å². The molecular weight excluding hydrogens is 427 g/mol. The van der Waals surface area contributed by atoms with E-state index in [0.717, 1.165) is 12.1 Å². The van der Waals surface area contributed by atoms with Gasteiger partial charge in [0.05, 0.1) is 5.56 Å². The Morgan fingerprint density at radius 2 is 1.91 bits per heavy atom. The van der Waals surface area contributed by atoms with Gasteiger partial charge in [-0.1, -0.05) is 42.1 Å². The molecule has 1 amide bonds. The molecule has 4 rings (SSSR count). The molecule has 7 nitrogen and oxygen atoms in total. The Balaban J connectivity index is 1.43. The summed E-state index contributed by atoms with van der Waals surface area (Å²) in [4.78, 5) is 30.1. The monoisotopic (exact) mass is 443 g/mol. The van der Waals surface area contributed by atoms with Crippen molar-refractivity contribution in [2.45, 2.75) is 19.2 Å². The van der Waals surface area contributed by atoms with E-state index in [1.54, 1.807) is 24.3 Å². The molecule has 0 aliphatic carbocycles. The predicted octanol–water partition coefficient (Wildman–Crippen LogP) is 4.49. The van der Waals surface area contributed by atoms with Gasteiger partial charge in [-0.25, -0.2) is 0 Å². The topological polar surface area (TPSA) is 85.5 Å². The van der Waals surface area contributed by atoms with Gasteiger partial charge in [0.2, 0.25) is 5.82 Å². The van der Waals surface area contributed by atoms with Gasteiger partial charge in [-0.05, 0) is 25.1 Å². The third kappa shape index (κ3) is 3.98. The number of benzene rings is 2. The van der Waals surface area contributed by atoms with Crippen LogP contribution in [-0.4, -0.2) is 33.5 Å². The summed E-state index contributed by atoms with van der Waals surface area (Å²) in [6.45, 7) is 4.95. The van der Waals surface area contributed by atoms with Crippen molar-refractivity contribution in [1.82, 2.24) is 15.0 Å². The van der Waals surface area contributed by atoms with Crippen LogP contribution in [-0.2, 0) is 15.7 Å². The minimum absolute atomic E-state index is 0.0763. The van der Waals surface area contributed by atoms with Crippen molar-refractivity contribution in [3.63, 3.8) is 0 Å². The highest BCUT2D eigenvalue weighted by Crippen LogP contribution is 2.33. The molecular formula is C22H16F3N3O4. The zero-order valence-corrected chi connectivity index (χ0v) is 16.7. The molecule has 1 aliphatic heterocycles. The van der Waals surface area contributed by atoms with Crippen LogP contribution in [0, 0.1) is 0 Å². The number of amides is 1. The van der Waals surface area contributed by atoms with Crippen molar-refractivity contribution >= 4 is 17.6 Å². The van der Waals surface area contributed by atoms with Crippen LogP contribution in [0.25, 0.3) is 17.1 Å². The zero-order chi connectivity index (χ0) is 23.0. The summed E-state index contributed by atoms with van der Waals surface area (Å²) >= 11 is 0. The van der Waals surface area contributed by atoms with Crippen LogP contribution in [0.2, 0.25) is 0 Å². The summed E-state index contributed by atoms with van der Waals surface area (Å²) in [5, 5.41) is 3.67. The number of carbonyl (C=O) groups is 2. The second kappa shape index (κ2) is 7.95. The van der Waals surface area contributed by atoms with Gasteiger partial charge in [-0.2, -0.15) is 18.2 Å². The van der Waals surface area contributed by atoms with Gasteiger partial charge in [0, 0.05) is 22.4 Å². The largest absolute Gasteiger partial charge is 0.451 e. The Morgan fingerprint density at radius 3 is 2.59 bits per heavy atom. The number of carbonyl (C=O) groups excluding carboxylic acids is 2. The maximum absolute atomic E-state index is 12.9. The van der Waals surface area contributed by atoms with Crippen molar-refractivity contribution < 1.29 is 32.0 Å². The van der Waals surface area contributed by atoms with Crippen LogP contribution < -0.4 is 0 Å². The van der Waals surface area contributed by atoms with Gasteiger partial charge in [-0.15, -0.1) is 0 Å². The van der Waals surface area contributed by atoms with Crippen LogP contribution in [0.3, 0.4) is 0 Å². The lowest BCUT2D eigenvalue weighted by Gasteiger charge is -2.17. The fraction of sp³-hybridized carbons (Fsp3) is 0.182. The molecule has 0 radical (unpaired) electrons. The average Bonchev–Trinajstić information content (AvgIpc) is 3.34. The maximum atomic E-state index is 12.9. The van der Waals surface area contributed by atoms with Crippen molar-refractivity contribution in [3.05, 3.63) is 77.7 Å². The van der Waals surface area contributed by atoms with E-state index in [2.05, 4.69) is 16.7 Å². The van der Waals surface area contributed by atoms with Crippen LogP contribution in [0.1, 0.15) is 40.4 Å². The third-order valence-corrected chi connectivity index (χ3v) is 4.87. The summed E-state index contributed by atoms with van der Waals surface area (Å²) in [6, 6.07) is 11.3. The first-order valence-corrected chi connectivity index (χ1v) is 9.46. The summed E-state index contributed by atoms with van der Waals surface area (Å²) in [7, 11) is 0. The Labute approximate surface area is 180 Å². The minimum atomic E-state index is -4.51. The van der Waals surface area contributed by atoms with Crippen LogP contribution in [0.5, 0.6) is 0 Å². The summed E-state index contributed by atoms with van der Waals surface area (Å²) in [6.07, 6.45) is -5.50. The number of halogens is 3. The van der Waals surface area contributed by atoms with Gasteiger partial charge in [-0.3, -0.25) is 14.5 Å². The first kappa shape index (κ1) is 21.3. The molecule has 1 aliphatic rings. The molecule has 0 saturated heterocycles. The van der Waals surface area contributed by atoms with Crippen molar-refractivity contribution in [1.29, 1.82) is 0 Å². The van der Waals surface area contributed by atoms with Crippen molar-refractivity contribution in [2.75, 3.05) is 6.54 Å². The number of rotatable bonds is 5. The highest BCUT2D eigenvalue weighted by atomic mass is 19.4. The molecule has 1 unspecified atom stereocenters. The van der Waals surface area contributed by atoms with Gasteiger partial charge < -0.3 is 9.26 Å². The lowest BCUT2D eigenvalue weighted by atomic mass is 10.1. The van der Waals surface area contributed by atoms with Gasteiger partial charge in [0.1, 0.15) is 6.54 Å². The number of aromatic nitrogens is 2. The standard InChI is InChI=1S/C22H16F3N3O4/c1-12-16-8-3-4-9-17(16)21(30)28(12)11-18(29)31-13(2)20-26-19(27-32-20)14-6-5-7-15(10-14)22(23,24)25/h3-10,13H,1,11H2,2H3. The number of fused-ring (bicyclic) bond motifs is 1. The molecule has 1 aromatic heterocycles. The predicted molar refractivity (Wildman–Crippen MR) is 106 cm³/mol. The number of esters is 1. The molecule has 10 heteroatoms. The van der Waals surface area contributed by atoms with E-state index in [1.807, 2.05) is 0 Å². The molecule has 0 saturated carbocycles. The number of alkyl halides is 3. The Hall–Kier alpha value is -3.95. The number of nitrogens with zero attached hydrogens (tertiary/aromatic N) is 3. The highest BCUT2D eigenvalue weighted by molar-refractivity contribution is 6.10. The Kier molecular flexibility index (Phi) is 5.29. The smallest absolute Gasteiger partial charge is 0.416 e. The Bertz CT molecular complexity index is 1180. The maximum Gasteiger partial charge on any atom is 0.416 e. The number of hydrogen-bond donors (Lipinski definition) is 0. The van der Waals surface area contributed by atoms with Crippen LogP contribution in [0.15, 0.2) is 59.6 Å². The quantitative estimate of drug-likeness (QED) is 0.541. The minimum Gasteiger partial charge on any atom is -0.451 e. The second-order valence-corrected chi connectivity index (χ2v) is 7.05. The molecule has 2 aromatic carbocycles. The van der Waals surface area contributed by atoms with Crippen molar-refractivity contribution in [2.24, 2.45) is 0 Å². The molecule has 1 atom stereocenters. The molecule has 0 N–H and O–H groups in total. The zero-order valence-electron chi connectivity index (χ0n) is 16.7. The van der Waals surface area contributed by atoms with E-state index in [0.29, 0.717) is 16.8 Å². The molecule has 164 valence electrons. The van der Waals surface area contributed by atoms with Crippen molar-refractivity contribution in [3.8, 4) is 11.4 Å². The van der Waals surface area contributed by atoms with E-state index in [1.165, 1.54) is 24.0 Å². The molecule has 2 heterocycles. The lowest BCUT2D eigenvalue weighted by molar-refractivity contribution is -0.149. The fourth-order valence-electron chi connectivity index (χ4n) is 3.27. The normalized spacial score (nSPS) is 14.4. The third-order valence-electron chi connectivity index (χ3n) is 4.87. The van der Waals surface area contributed by atoms with E-state index >= 15 is 0 Å². The van der Waals surface area contributed by atoms with Gasteiger partial charge in [0.25, 0.3) is 11.8 Å². The molecule has 32 heavy (non-hydrogen) atoms. The fourth-order valence-corrected chi connectivity index (χ4v) is 3.27. The molecule has 0 fully saturated rings. The highest BCUT2D eigenvalue weighted by Gasteiger charge is 2.33. The number of ether oxygens (including phenoxy) is 1. The summed E-state index contributed by atoms with van der Waals surface area (Å²) in [5.41, 5.74) is 0.726. The molecule has 0 bridgehead atoms. The van der Waals surface area contributed by atoms with Gasteiger partial charge in [0.15, 0.2) is 6.10 Å². The average molecular weight is 443 g/mol. The lowest BCUT2D eigenvalue weighted by Crippen LogP contribution is -2.30. The van der Waals surface area contributed by atoms with E-state index in [-0.39, 0.29) is 29.7 Å². The first-order valence-electron chi connectivity index (χ1n) is 9.46. The first-order chi connectivity index (χ1) is 15.1. The second-order valence-electron chi connectivity index (χ2n) is 7.05. The van der Waals surface area contributed by atoms with E-state index < -0.39 is 23.8 Å². The van der Waals surface area contributed by atoms with Crippen LogP contribution >= 0.6 is 0 Å². The summed E-state index contributed by atoms with van der Waals surface area (Å²) in [5.74, 6) is -1.27. The molecule has 3 aromatic rings. The van der Waals surface area contributed by atoms with E-state index in [4.69, 9.17) is 9.26 Å². The van der Waals surface area contributed by atoms with Crippen LogP contribution in [0.4, 0.5) is 13.2 Å². The Morgan fingerprint density at radius 1 is 1.19 bits per heavy atom. The summed E-state index contributed by atoms with van der Waals surface area (Å²) < 4.78 is 49.1. The molecule has 0 spiro atoms. The number of hydrogen-bond acceptors (Lipinski definition) is 6. The van der Waals surface area contributed by atoms with E-state index in [9.17, 15) is 22.8 Å².